The number of benzene rings is 4. The maximum atomic E-state index is 14.7. The van der Waals surface area contributed by atoms with Gasteiger partial charge in [0.15, 0.2) is 5.75 Å². The molecule has 0 aliphatic heterocycles. The smallest absolute Gasteiger partial charge is 0.177 e. The average Bonchev–Trinajstić information content (AvgIpc) is 2.91. The third kappa shape index (κ3) is 7.40. The largest absolute Gasteiger partial charge is 0.294 e. The highest BCUT2D eigenvalue weighted by atomic mass is 19.3. The molecule has 0 fully saturated rings. The highest BCUT2D eigenvalue weighted by molar-refractivity contribution is 5.72. The number of unbranched alkanes of at least 4 members (excludes halogenated alkanes) is 2. The minimum absolute atomic E-state index is 0.0482. The molecule has 4 aromatic carbocycles. The van der Waals surface area contributed by atoms with E-state index in [0.717, 1.165) is 67.6 Å². The molecule has 0 aliphatic carbocycles. The van der Waals surface area contributed by atoms with Crippen LogP contribution < -0.4 is 4.94 Å². The topological polar surface area (TPSA) is 9.23 Å². The summed E-state index contributed by atoms with van der Waals surface area (Å²) in [7, 11) is 0. The van der Waals surface area contributed by atoms with Crippen LogP contribution in [0, 0.1) is 41.8 Å². The predicted molar refractivity (Wildman–Crippen MR) is 138 cm³/mol. The molecular formula is C31H26F8O. The van der Waals surface area contributed by atoms with Crippen molar-refractivity contribution >= 4 is 0 Å². The second-order valence-corrected chi connectivity index (χ2v) is 9.12. The first-order chi connectivity index (χ1) is 19.1. The highest BCUT2D eigenvalue weighted by Crippen LogP contribution is 2.33. The third-order valence-corrected chi connectivity index (χ3v) is 6.28. The van der Waals surface area contributed by atoms with E-state index in [0.29, 0.717) is 0 Å². The normalized spacial score (nSPS) is 10.8. The summed E-state index contributed by atoms with van der Waals surface area (Å²) in [6.07, 6.45) is 3.80. The minimum atomic E-state index is -1.01. The molecule has 1 nitrogen and oxygen atoms in total. The van der Waals surface area contributed by atoms with Crippen molar-refractivity contribution in [3.63, 3.8) is 0 Å². The number of hydrogen-bond donors (Lipinski definition) is 0. The molecule has 212 valence electrons. The highest BCUT2D eigenvalue weighted by Gasteiger charge is 2.17. The van der Waals surface area contributed by atoms with Gasteiger partial charge >= 0.3 is 0 Å². The monoisotopic (exact) mass is 566 g/mol. The molecule has 9 heteroatoms. The van der Waals surface area contributed by atoms with Crippen molar-refractivity contribution in [2.45, 2.75) is 46.2 Å². The Morgan fingerprint density at radius 1 is 0.650 bits per heavy atom. The SMILES string of the molecule is CCCCCc1ccc(-c2cc(F)c(-c3ccc(CF)c(F)c3)c(F)c2)c(F)c1.Cc1c(F)cc(OF)cc1F. The van der Waals surface area contributed by atoms with Gasteiger partial charge in [-0.2, -0.15) is 0 Å². The molecular weight excluding hydrogens is 540 g/mol. The summed E-state index contributed by atoms with van der Waals surface area (Å²) in [6.45, 7) is 2.33. The lowest BCUT2D eigenvalue weighted by Crippen LogP contribution is -1.96. The van der Waals surface area contributed by atoms with Crippen molar-refractivity contribution in [3.8, 4) is 28.0 Å². The fourth-order valence-electron chi connectivity index (χ4n) is 4.01. The van der Waals surface area contributed by atoms with Gasteiger partial charge in [0.1, 0.15) is 41.6 Å². The van der Waals surface area contributed by atoms with Crippen molar-refractivity contribution in [1.29, 1.82) is 0 Å². The zero-order valence-corrected chi connectivity index (χ0v) is 21.7. The summed E-state index contributed by atoms with van der Waals surface area (Å²) in [5, 5.41) is 0. The minimum Gasteiger partial charge on any atom is -0.294 e. The van der Waals surface area contributed by atoms with Crippen LogP contribution in [0.2, 0.25) is 0 Å². The summed E-state index contributed by atoms with van der Waals surface area (Å²) < 4.78 is 107. The number of alkyl halides is 1. The first-order valence-corrected chi connectivity index (χ1v) is 12.5. The van der Waals surface area contributed by atoms with Crippen molar-refractivity contribution in [2.75, 3.05) is 0 Å². The van der Waals surface area contributed by atoms with Crippen molar-refractivity contribution in [3.05, 3.63) is 112 Å². The van der Waals surface area contributed by atoms with Crippen LogP contribution in [-0.4, -0.2) is 0 Å². The molecule has 0 aliphatic rings. The Bertz CT molecular complexity index is 1420. The van der Waals surface area contributed by atoms with Gasteiger partial charge in [0.05, 0.1) is 5.56 Å². The van der Waals surface area contributed by atoms with Gasteiger partial charge in [-0.05, 0) is 60.7 Å². The summed E-state index contributed by atoms with van der Waals surface area (Å²) in [4.78, 5) is 3.15. The maximum Gasteiger partial charge on any atom is 0.177 e. The molecule has 0 radical (unpaired) electrons. The van der Waals surface area contributed by atoms with E-state index in [1.54, 1.807) is 6.07 Å². The number of hydrogen-bond acceptors (Lipinski definition) is 1. The van der Waals surface area contributed by atoms with Crippen molar-refractivity contribution in [2.24, 2.45) is 0 Å². The Labute approximate surface area is 227 Å². The van der Waals surface area contributed by atoms with Gasteiger partial charge in [-0.1, -0.05) is 44.0 Å². The molecule has 4 rings (SSSR count). The average molecular weight is 567 g/mol. The molecule has 0 atom stereocenters. The van der Waals surface area contributed by atoms with Crippen LogP contribution >= 0.6 is 0 Å². The lowest BCUT2D eigenvalue weighted by molar-refractivity contribution is -0.00694. The molecule has 4 aromatic rings. The lowest BCUT2D eigenvalue weighted by atomic mass is 9.96. The Morgan fingerprint density at radius 3 is 1.80 bits per heavy atom. The van der Waals surface area contributed by atoms with E-state index in [1.165, 1.54) is 25.1 Å². The fourth-order valence-corrected chi connectivity index (χ4v) is 4.01. The van der Waals surface area contributed by atoms with Gasteiger partial charge in [0.25, 0.3) is 0 Å². The van der Waals surface area contributed by atoms with E-state index in [4.69, 9.17) is 0 Å². The Balaban J connectivity index is 0.000000336. The van der Waals surface area contributed by atoms with Crippen LogP contribution in [0.15, 0.2) is 60.7 Å². The van der Waals surface area contributed by atoms with Gasteiger partial charge in [0, 0.05) is 33.3 Å². The van der Waals surface area contributed by atoms with E-state index in [1.807, 2.05) is 0 Å². The molecule has 0 N–H and O–H groups in total. The van der Waals surface area contributed by atoms with Crippen LogP contribution in [-0.2, 0) is 13.1 Å². The zero-order chi connectivity index (χ0) is 29.4. The number of rotatable bonds is 8. The molecule has 0 saturated heterocycles. The Kier molecular flexibility index (Phi) is 10.7. The van der Waals surface area contributed by atoms with Crippen molar-refractivity contribution in [1.82, 2.24) is 0 Å². The molecule has 0 amide bonds. The first-order valence-electron chi connectivity index (χ1n) is 12.5. The van der Waals surface area contributed by atoms with Gasteiger partial charge < -0.3 is 0 Å². The van der Waals surface area contributed by atoms with E-state index < -0.39 is 52.9 Å². The quantitative estimate of drug-likeness (QED) is 0.152. The maximum absolute atomic E-state index is 14.7. The van der Waals surface area contributed by atoms with E-state index in [-0.39, 0.29) is 27.8 Å². The van der Waals surface area contributed by atoms with Crippen LogP contribution in [0.5, 0.6) is 5.75 Å². The molecule has 0 heterocycles. The zero-order valence-electron chi connectivity index (χ0n) is 21.7. The molecule has 0 spiro atoms. The molecule has 0 saturated carbocycles. The lowest BCUT2D eigenvalue weighted by Gasteiger charge is -2.11. The van der Waals surface area contributed by atoms with Crippen molar-refractivity contribution < 1.29 is 40.2 Å². The number of aryl methyl sites for hydroxylation is 1. The van der Waals surface area contributed by atoms with E-state index in [2.05, 4.69) is 11.9 Å². The van der Waals surface area contributed by atoms with Crippen LogP contribution in [0.3, 0.4) is 0 Å². The van der Waals surface area contributed by atoms with E-state index >= 15 is 0 Å². The fraction of sp³-hybridized carbons (Fsp3) is 0.226. The Morgan fingerprint density at radius 2 is 1.27 bits per heavy atom. The summed E-state index contributed by atoms with van der Waals surface area (Å²) in [5.74, 6) is -5.43. The standard InChI is InChI=1S/C24H21F5.C7H5F3O/c1-2-3-4-5-15-6-9-19(21(27)10-15)18-12-22(28)24(23(29)13-18)16-7-8-17(14-25)20(26)11-16;1-4-6(8)2-5(11-10)3-7(4)9/h6-13H,2-5,14H2,1H3;2-3H,1H3. The molecule has 0 bridgehead atoms. The predicted octanol–water partition coefficient (Wildman–Crippen LogP) is 10.3. The summed E-state index contributed by atoms with van der Waals surface area (Å²) >= 11 is 0. The second kappa shape index (κ2) is 14.0. The third-order valence-electron chi connectivity index (χ3n) is 6.28. The Hall–Kier alpha value is -3.88. The molecule has 40 heavy (non-hydrogen) atoms. The number of halogens is 8. The molecule has 0 aromatic heterocycles. The van der Waals surface area contributed by atoms with Gasteiger partial charge in [-0.15, -0.1) is 0 Å². The first kappa shape index (κ1) is 30.7. The summed E-state index contributed by atoms with van der Waals surface area (Å²) in [5.41, 5.74) is 0.163. The van der Waals surface area contributed by atoms with Gasteiger partial charge in [-0.3, -0.25) is 4.94 Å². The second-order valence-electron chi connectivity index (χ2n) is 9.12. The van der Waals surface area contributed by atoms with Gasteiger partial charge in [0.2, 0.25) is 0 Å². The molecule has 0 unspecified atom stereocenters. The van der Waals surface area contributed by atoms with Crippen LogP contribution in [0.1, 0.15) is 42.9 Å². The van der Waals surface area contributed by atoms with Crippen LogP contribution in [0.4, 0.5) is 35.3 Å². The summed E-state index contributed by atoms with van der Waals surface area (Å²) in [6, 6.07) is 11.5. The van der Waals surface area contributed by atoms with E-state index in [9.17, 15) is 35.3 Å². The van der Waals surface area contributed by atoms with Crippen LogP contribution in [0.25, 0.3) is 22.3 Å². The van der Waals surface area contributed by atoms with Gasteiger partial charge in [-0.25, -0.2) is 30.7 Å².